The van der Waals surface area contributed by atoms with E-state index in [0.717, 1.165) is 5.56 Å². The normalized spacial score (nSPS) is 12.8. The largest absolute Gasteiger partial charge is 0.480 e. The number of nitrogens with zero attached hydrogens (tertiary/aromatic N) is 2. The average Bonchev–Trinajstić information content (AvgIpc) is 2.40. The van der Waals surface area contributed by atoms with Gasteiger partial charge in [0.25, 0.3) is 5.56 Å². The van der Waals surface area contributed by atoms with Gasteiger partial charge in [0, 0.05) is 0 Å². The molecule has 0 bridgehead atoms. The minimum atomic E-state index is -0.876. The van der Waals surface area contributed by atoms with Gasteiger partial charge in [0.2, 0.25) is 0 Å². The topological polar surface area (TPSA) is 86.3 Å². The van der Waals surface area contributed by atoms with Crippen molar-refractivity contribution in [2.45, 2.75) is 32.9 Å². The number of hydrogen-bond donors (Lipinski definition) is 2. The molecule has 1 atom stereocenters. The minimum absolute atomic E-state index is 0.199. The molecule has 1 aromatic carbocycles. The number of nitrogens with one attached hydrogen (secondary N) is 1. The molecule has 1 unspecified atom stereocenters. The van der Waals surface area contributed by atoms with Gasteiger partial charge < -0.3 is 10.1 Å². The maximum absolute atomic E-state index is 12.1. The summed E-state index contributed by atoms with van der Waals surface area (Å²) in [5, 5.41) is 9.71. The van der Waals surface area contributed by atoms with E-state index in [1.807, 2.05) is 26.0 Å². The van der Waals surface area contributed by atoms with Crippen molar-refractivity contribution in [3.63, 3.8) is 0 Å². The highest BCUT2D eigenvalue weighted by Crippen LogP contribution is 2.13. The molecule has 0 aliphatic rings. The van der Waals surface area contributed by atoms with E-state index in [2.05, 4.69) is 9.97 Å². The van der Waals surface area contributed by atoms with Gasteiger partial charge in [-0.1, -0.05) is 19.1 Å². The van der Waals surface area contributed by atoms with Gasteiger partial charge in [-0.2, -0.15) is 0 Å². The van der Waals surface area contributed by atoms with Crippen molar-refractivity contribution < 1.29 is 9.90 Å². The Morgan fingerprint density at radius 3 is 2.81 bits per heavy atom. The summed E-state index contributed by atoms with van der Waals surface area (Å²) in [4.78, 5) is 32.1. The average molecular weight is 289 g/mol. The van der Waals surface area contributed by atoms with Crippen LogP contribution in [0.3, 0.4) is 0 Å². The van der Waals surface area contributed by atoms with Gasteiger partial charge in [0.1, 0.15) is 11.9 Å². The first kappa shape index (κ1) is 15.2. The number of benzene rings is 1. The van der Waals surface area contributed by atoms with Crippen LogP contribution < -0.4 is 5.56 Å². The number of carbonyl (C=O) groups is 1. The van der Waals surface area contributed by atoms with Crippen LogP contribution in [0.15, 0.2) is 23.0 Å². The minimum Gasteiger partial charge on any atom is -0.480 e. The number of fused-ring (bicyclic) bond motifs is 1. The Morgan fingerprint density at radius 1 is 1.48 bits per heavy atom. The molecule has 1 heterocycles. The monoisotopic (exact) mass is 289 g/mol. The zero-order valence-electron chi connectivity index (χ0n) is 12.4. The third-order valence-corrected chi connectivity index (χ3v) is 3.59. The first-order valence-corrected chi connectivity index (χ1v) is 6.85. The highest BCUT2D eigenvalue weighted by molar-refractivity contribution is 5.80. The Bertz CT molecular complexity index is 724. The van der Waals surface area contributed by atoms with E-state index in [4.69, 9.17) is 5.11 Å². The molecule has 0 saturated heterocycles. The van der Waals surface area contributed by atoms with Crippen LogP contribution in [-0.4, -0.2) is 39.0 Å². The summed E-state index contributed by atoms with van der Waals surface area (Å²) in [6, 6.07) is 4.85. The molecule has 0 aliphatic heterocycles. The third kappa shape index (κ3) is 3.11. The Labute approximate surface area is 122 Å². The number of aromatic amines is 1. The molecule has 2 aromatic rings. The lowest BCUT2D eigenvalue weighted by Gasteiger charge is -2.22. The molecule has 1 aromatic heterocycles. The van der Waals surface area contributed by atoms with Crippen molar-refractivity contribution in [2.75, 3.05) is 7.05 Å². The van der Waals surface area contributed by atoms with E-state index in [9.17, 15) is 9.59 Å². The predicted octanol–water partition coefficient (Wildman–Crippen LogP) is 1.53. The molecule has 0 amide bonds. The van der Waals surface area contributed by atoms with Crippen LogP contribution in [0.5, 0.6) is 0 Å². The lowest BCUT2D eigenvalue weighted by atomic mass is 10.1. The maximum atomic E-state index is 12.1. The van der Waals surface area contributed by atoms with Crippen LogP contribution in [0, 0.1) is 6.92 Å². The number of para-hydroxylation sites is 1. The number of rotatable bonds is 5. The van der Waals surface area contributed by atoms with Crippen LogP contribution in [0.25, 0.3) is 10.9 Å². The first-order chi connectivity index (χ1) is 9.93. The molecule has 0 saturated carbocycles. The molecule has 6 heteroatoms. The van der Waals surface area contributed by atoms with E-state index < -0.39 is 12.0 Å². The van der Waals surface area contributed by atoms with E-state index in [0.29, 0.717) is 23.1 Å². The van der Waals surface area contributed by atoms with Crippen LogP contribution in [-0.2, 0) is 11.3 Å². The summed E-state index contributed by atoms with van der Waals surface area (Å²) in [6.45, 7) is 3.99. The van der Waals surface area contributed by atoms with Crippen LogP contribution in [0.4, 0.5) is 0 Å². The number of hydrogen-bond acceptors (Lipinski definition) is 4. The Balaban J connectivity index is 2.37. The number of likely N-dealkylation sites (N-methyl/N-ethyl adjacent to an activating group) is 1. The van der Waals surface area contributed by atoms with Crippen molar-refractivity contribution in [3.05, 3.63) is 39.9 Å². The van der Waals surface area contributed by atoms with Crippen molar-refractivity contribution in [2.24, 2.45) is 0 Å². The summed E-state index contributed by atoms with van der Waals surface area (Å²) in [5.41, 5.74) is 1.39. The van der Waals surface area contributed by atoms with Gasteiger partial charge in [0.05, 0.1) is 17.4 Å². The highest BCUT2D eigenvalue weighted by Gasteiger charge is 2.21. The maximum Gasteiger partial charge on any atom is 0.320 e. The fourth-order valence-electron chi connectivity index (χ4n) is 2.45. The molecule has 6 nitrogen and oxygen atoms in total. The summed E-state index contributed by atoms with van der Waals surface area (Å²) >= 11 is 0. The smallest absolute Gasteiger partial charge is 0.320 e. The van der Waals surface area contributed by atoms with Gasteiger partial charge in [-0.25, -0.2) is 4.98 Å². The van der Waals surface area contributed by atoms with Crippen molar-refractivity contribution in [1.29, 1.82) is 0 Å². The number of aliphatic carboxylic acids is 1. The summed E-state index contributed by atoms with van der Waals surface area (Å²) in [5.74, 6) is -0.400. The van der Waals surface area contributed by atoms with Gasteiger partial charge in [-0.3, -0.25) is 14.5 Å². The molecule has 0 aliphatic carbocycles. The van der Waals surface area contributed by atoms with Crippen molar-refractivity contribution >= 4 is 16.9 Å². The fourth-order valence-corrected chi connectivity index (χ4v) is 2.45. The second-order valence-corrected chi connectivity index (χ2v) is 5.16. The number of aryl methyl sites for hydroxylation is 1. The lowest BCUT2D eigenvalue weighted by Crippen LogP contribution is -2.38. The number of aromatic nitrogens is 2. The van der Waals surface area contributed by atoms with Crippen LogP contribution in [0.1, 0.15) is 24.7 Å². The molecule has 2 rings (SSSR count). The van der Waals surface area contributed by atoms with E-state index >= 15 is 0 Å². The zero-order chi connectivity index (χ0) is 15.6. The Kier molecular flexibility index (Phi) is 4.37. The molecular weight excluding hydrogens is 270 g/mol. The summed E-state index contributed by atoms with van der Waals surface area (Å²) < 4.78 is 0. The van der Waals surface area contributed by atoms with Gasteiger partial charge in [-0.05, 0) is 32.0 Å². The highest BCUT2D eigenvalue weighted by atomic mass is 16.4. The molecule has 112 valence electrons. The predicted molar refractivity (Wildman–Crippen MR) is 80.3 cm³/mol. The molecular formula is C15H19N3O3. The zero-order valence-corrected chi connectivity index (χ0v) is 12.4. The molecule has 0 spiro atoms. The van der Waals surface area contributed by atoms with Crippen LogP contribution >= 0.6 is 0 Å². The molecule has 21 heavy (non-hydrogen) atoms. The van der Waals surface area contributed by atoms with E-state index in [-0.39, 0.29) is 12.1 Å². The quantitative estimate of drug-likeness (QED) is 0.871. The molecule has 0 fully saturated rings. The molecule has 0 radical (unpaired) electrons. The van der Waals surface area contributed by atoms with E-state index in [1.165, 1.54) is 0 Å². The SMILES string of the molecule is CCC(C(=O)O)N(C)Cc1nc2c(C)cccc2c(=O)[nH]1. The lowest BCUT2D eigenvalue weighted by molar-refractivity contribution is -0.143. The Morgan fingerprint density at radius 2 is 2.19 bits per heavy atom. The van der Waals surface area contributed by atoms with Gasteiger partial charge >= 0.3 is 5.97 Å². The standard InChI is InChI=1S/C15H19N3O3/c1-4-11(15(20)21)18(3)8-12-16-13-9(2)6-5-7-10(13)14(19)17-12/h5-7,11H,4,8H2,1-3H3,(H,20,21)(H,16,17,19). The first-order valence-electron chi connectivity index (χ1n) is 6.85. The number of carboxylic acids is 1. The van der Waals surface area contributed by atoms with Crippen LogP contribution in [0.2, 0.25) is 0 Å². The summed E-state index contributed by atoms with van der Waals surface area (Å²) in [7, 11) is 1.71. The summed E-state index contributed by atoms with van der Waals surface area (Å²) in [6.07, 6.45) is 0.489. The van der Waals surface area contributed by atoms with Gasteiger partial charge in [-0.15, -0.1) is 0 Å². The molecule has 2 N–H and O–H groups in total. The number of carboxylic acid groups (broad SMARTS) is 1. The van der Waals surface area contributed by atoms with Crippen molar-refractivity contribution in [1.82, 2.24) is 14.9 Å². The third-order valence-electron chi connectivity index (χ3n) is 3.59. The number of H-pyrrole nitrogens is 1. The fraction of sp³-hybridized carbons (Fsp3) is 0.400. The second-order valence-electron chi connectivity index (χ2n) is 5.16. The second kappa shape index (κ2) is 6.05. The van der Waals surface area contributed by atoms with Gasteiger partial charge in [0.15, 0.2) is 0 Å². The van der Waals surface area contributed by atoms with Crippen molar-refractivity contribution in [3.8, 4) is 0 Å². The Hall–Kier alpha value is -2.21. The van der Waals surface area contributed by atoms with E-state index in [1.54, 1.807) is 18.0 Å².